The zero-order chi connectivity index (χ0) is 26.9. The number of rotatable bonds is 6. The number of nitrogens with zero attached hydrogens (tertiary/aromatic N) is 5. The molecule has 11 nitrogen and oxygen atoms in total. The summed E-state index contributed by atoms with van der Waals surface area (Å²) in [6.45, 7) is 1.29. The molecule has 0 bridgehead atoms. The molecule has 0 amide bonds. The van der Waals surface area contributed by atoms with Gasteiger partial charge in [-0.3, -0.25) is 4.57 Å². The second-order valence-electron chi connectivity index (χ2n) is 8.77. The van der Waals surface area contributed by atoms with Gasteiger partial charge in [0.05, 0.1) is 23.5 Å². The topological polar surface area (TPSA) is 155 Å². The van der Waals surface area contributed by atoms with Gasteiger partial charge in [-0.25, -0.2) is 14.6 Å². The average molecular weight is 533 g/mol. The molecular formula is C26H21ClN6O5. The van der Waals surface area contributed by atoms with Gasteiger partial charge in [0.2, 0.25) is 5.95 Å². The number of halogens is 1. The second-order valence-corrected chi connectivity index (χ2v) is 9.13. The van der Waals surface area contributed by atoms with E-state index in [2.05, 4.69) is 21.0 Å². The summed E-state index contributed by atoms with van der Waals surface area (Å²) in [5, 5.41) is 10.4. The average Bonchev–Trinajstić information content (AvgIpc) is 3.47. The number of nitrogens with two attached hydrogens (primary N) is 1. The first-order valence-electron chi connectivity index (χ1n) is 11.5. The maximum absolute atomic E-state index is 13.0. The zero-order valence-corrected chi connectivity index (χ0v) is 20.8. The minimum Gasteiger partial charge on any atom is -0.459 e. The van der Waals surface area contributed by atoms with Crippen molar-refractivity contribution in [2.75, 3.05) is 12.3 Å². The lowest BCUT2D eigenvalue weighted by Gasteiger charge is -2.28. The molecule has 1 aliphatic rings. The first-order chi connectivity index (χ1) is 18.3. The normalized spacial score (nSPS) is 22.6. The summed E-state index contributed by atoms with van der Waals surface area (Å²) in [5.41, 5.74) is 5.43. The van der Waals surface area contributed by atoms with E-state index in [0.717, 1.165) is 0 Å². The number of ether oxygens (including phenoxy) is 3. The lowest BCUT2D eigenvalue weighted by molar-refractivity contribution is -0.0573. The lowest BCUT2D eigenvalue weighted by atomic mass is 9.83. The van der Waals surface area contributed by atoms with E-state index in [4.69, 9.17) is 31.5 Å². The Bertz CT molecular complexity index is 1540. The summed E-state index contributed by atoms with van der Waals surface area (Å²) in [6, 6.07) is 19.0. The molecule has 1 aliphatic heterocycles. The molecule has 12 heteroatoms. The van der Waals surface area contributed by atoms with Crippen molar-refractivity contribution in [3.63, 3.8) is 0 Å². The Morgan fingerprint density at radius 1 is 1.11 bits per heavy atom. The fourth-order valence-electron chi connectivity index (χ4n) is 4.35. The molecule has 5 rings (SSSR count). The van der Waals surface area contributed by atoms with Crippen LogP contribution in [-0.4, -0.2) is 50.3 Å². The quantitative estimate of drug-likeness (QED) is 0.287. The van der Waals surface area contributed by atoms with Gasteiger partial charge in [-0.1, -0.05) is 48.0 Å². The number of aromatic nitrogens is 4. The number of carbonyl (C=O) groups excluding carboxylic acids is 2. The summed E-state index contributed by atoms with van der Waals surface area (Å²) in [7, 11) is 0. The van der Waals surface area contributed by atoms with Crippen LogP contribution in [0.25, 0.3) is 11.2 Å². The number of hydrogen-bond donors (Lipinski definition) is 1. The van der Waals surface area contributed by atoms with Gasteiger partial charge >= 0.3 is 11.9 Å². The number of anilines is 1. The highest BCUT2D eigenvalue weighted by Gasteiger charge is 2.58. The number of carbonyl (C=O) groups is 2. The van der Waals surface area contributed by atoms with Gasteiger partial charge in [0.1, 0.15) is 23.6 Å². The first-order valence-corrected chi connectivity index (χ1v) is 11.9. The van der Waals surface area contributed by atoms with Gasteiger partial charge in [0.15, 0.2) is 23.1 Å². The molecule has 4 atom stereocenters. The molecule has 0 aliphatic carbocycles. The number of esters is 2. The standard InChI is InChI=1S/C26H21ClN6O5/c1-26(13-28)19(38-23(35)16-10-6-3-7-11-16)17(12-36-22(34)15-8-4-2-5-9-15)37-24(26)33-14-30-18-20(27)31-25(29)32-21(18)33/h2-11,14,17,19,24H,12H2,1H3,(H2,29,31,32)/t17-,19-,24-,26-/m1/s1. The van der Waals surface area contributed by atoms with Crippen LogP contribution < -0.4 is 5.73 Å². The van der Waals surface area contributed by atoms with E-state index in [0.29, 0.717) is 5.56 Å². The summed E-state index contributed by atoms with van der Waals surface area (Å²) in [4.78, 5) is 38.0. The van der Waals surface area contributed by atoms with E-state index < -0.39 is 35.8 Å². The Labute approximate surface area is 221 Å². The zero-order valence-electron chi connectivity index (χ0n) is 20.0. The van der Waals surface area contributed by atoms with Crippen molar-refractivity contribution < 1.29 is 23.8 Å². The molecule has 2 aromatic carbocycles. The number of benzene rings is 2. The molecule has 192 valence electrons. The highest BCUT2D eigenvalue weighted by atomic mass is 35.5. The first kappa shape index (κ1) is 25.1. The van der Waals surface area contributed by atoms with Gasteiger partial charge < -0.3 is 19.9 Å². The van der Waals surface area contributed by atoms with E-state index >= 15 is 0 Å². The third kappa shape index (κ3) is 4.51. The van der Waals surface area contributed by atoms with Crippen LogP contribution in [0.3, 0.4) is 0 Å². The summed E-state index contributed by atoms with van der Waals surface area (Å²) >= 11 is 6.18. The smallest absolute Gasteiger partial charge is 0.338 e. The molecule has 2 N–H and O–H groups in total. The van der Waals surface area contributed by atoms with Crippen LogP contribution >= 0.6 is 11.6 Å². The molecule has 38 heavy (non-hydrogen) atoms. The van der Waals surface area contributed by atoms with Gasteiger partial charge in [-0.2, -0.15) is 15.2 Å². The molecule has 0 spiro atoms. The third-order valence-corrected chi connectivity index (χ3v) is 6.53. The van der Waals surface area contributed by atoms with Crippen LogP contribution in [0.1, 0.15) is 33.9 Å². The van der Waals surface area contributed by atoms with E-state index in [1.54, 1.807) is 67.6 Å². The van der Waals surface area contributed by atoms with Crippen molar-refractivity contribution in [1.82, 2.24) is 19.5 Å². The maximum atomic E-state index is 13.0. The van der Waals surface area contributed by atoms with Crippen LogP contribution in [0.4, 0.5) is 5.95 Å². The van der Waals surface area contributed by atoms with Crippen LogP contribution in [0.2, 0.25) is 5.15 Å². The highest BCUT2D eigenvalue weighted by Crippen LogP contribution is 2.48. The molecule has 3 heterocycles. The van der Waals surface area contributed by atoms with Gasteiger partial charge in [-0.15, -0.1) is 0 Å². The molecule has 1 saturated heterocycles. The van der Waals surface area contributed by atoms with E-state index in [9.17, 15) is 14.9 Å². The maximum Gasteiger partial charge on any atom is 0.338 e. The van der Waals surface area contributed by atoms with Crippen molar-refractivity contribution in [3.05, 3.63) is 83.3 Å². The number of nitrogen functional groups attached to an aromatic ring is 1. The van der Waals surface area contributed by atoms with Gasteiger partial charge in [0.25, 0.3) is 0 Å². The molecule has 1 fully saturated rings. The Morgan fingerprint density at radius 3 is 2.37 bits per heavy atom. The SMILES string of the molecule is C[C@@]1(C#N)[C@H](OC(=O)c2ccccc2)[C@@H](COC(=O)c2ccccc2)O[C@H]1n1cnc2c(Cl)nc(N)nc21. The summed E-state index contributed by atoms with van der Waals surface area (Å²) in [5.74, 6) is -1.35. The van der Waals surface area contributed by atoms with Crippen LogP contribution in [0.5, 0.6) is 0 Å². The van der Waals surface area contributed by atoms with Crippen molar-refractivity contribution in [2.45, 2.75) is 25.4 Å². The fraction of sp³-hybridized carbons (Fsp3) is 0.231. The largest absolute Gasteiger partial charge is 0.459 e. The molecule has 0 saturated carbocycles. The summed E-state index contributed by atoms with van der Waals surface area (Å²) < 4.78 is 19.1. The second kappa shape index (κ2) is 10.1. The third-order valence-electron chi connectivity index (χ3n) is 6.27. The molecule has 4 aromatic rings. The minimum atomic E-state index is -1.46. The number of imidazole rings is 1. The lowest BCUT2D eigenvalue weighted by Crippen LogP contribution is -2.41. The molecule has 0 radical (unpaired) electrons. The van der Waals surface area contributed by atoms with Gasteiger partial charge in [0, 0.05) is 0 Å². The van der Waals surface area contributed by atoms with E-state index in [-0.39, 0.29) is 34.4 Å². The Hall–Kier alpha value is -4.53. The highest BCUT2D eigenvalue weighted by molar-refractivity contribution is 6.33. The number of nitriles is 1. The Morgan fingerprint density at radius 2 is 1.74 bits per heavy atom. The predicted octanol–water partition coefficient (Wildman–Crippen LogP) is 3.57. The van der Waals surface area contributed by atoms with E-state index in [1.807, 2.05) is 0 Å². The van der Waals surface area contributed by atoms with Crippen molar-refractivity contribution in [2.24, 2.45) is 5.41 Å². The predicted molar refractivity (Wildman–Crippen MR) is 135 cm³/mol. The van der Waals surface area contributed by atoms with Crippen LogP contribution in [-0.2, 0) is 14.2 Å². The van der Waals surface area contributed by atoms with Crippen molar-refractivity contribution >= 4 is 40.7 Å². The fourth-order valence-corrected chi connectivity index (χ4v) is 4.57. The van der Waals surface area contributed by atoms with Crippen LogP contribution in [0.15, 0.2) is 67.0 Å². The Kier molecular flexibility index (Phi) is 6.67. The number of hydrogen-bond acceptors (Lipinski definition) is 10. The van der Waals surface area contributed by atoms with Crippen molar-refractivity contribution in [1.29, 1.82) is 5.26 Å². The molecular weight excluding hydrogens is 512 g/mol. The molecule has 0 unspecified atom stereocenters. The summed E-state index contributed by atoms with van der Waals surface area (Å²) in [6.07, 6.45) is -1.81. The Balaban J connectivity index is 1.50. The van der Waals surface area contributed by atoms with E-state index in [1.165, 1.54) is 10.9 Å². The molecule has 2 aromatic heterocycles. The monoisotopic (exact) mass is 532 g/mol. The van der Waals surface area contributed by atoms with Crippen molar-refractivity contribution in [3.8, 4) is 6.07 Å². The van der Waals surface area contributed by atoms with Gasteiger partial charge in [-0.05, 0) is 31.2 Å². The minimum absolute atomic E-state index is 0.0308. The van der Waals surface area contributed by atoms with Crippen LogP contribution in [0, 0.1) is 16.7 Å². The number of fused-ring (bicyclic) bond motifs is 1.